The molecule has 0 spiro atoms. The number of anilines is 1. The highest BCUT2D eigenvalue weighted by Gasteiger charge is 2.18. The van der Waals surface area contributed by atoms with Crippen LogP contribution >= 0.6 is 0 Å². The van der Waals surface area contributed by atoms with Gasteiger partial charge < -0.3 is 15.2 Å². The first-order valence-electron chi connectivity index (χ1n) is 9.87. The zero-order valence-corrected chi connectivity index (χ0v) is 17.3. The molecule has 0 radical (unpaired) electrons. The van der Waals surface area contributed by atoms with E-state index in [1.165, 1.54) is 0 Å². The number of benzene rings is 4. The molecule has 0 aromatic heterocycles. The second-order valence-electron chi connectivity index (χ2n) is 7.11. The van der Waals surface area contributed by atoms with Crippen LogP contribution in [0.2, 0.25) is 0 Å². The minimum atomic E-state index is -0.432. The van der Waals surface area contributed by atoms with E-state index in [4.69, 9.17) is 4.74 Å². The molecule has 0 unspecified atom stereocenters. The van der Waals surface area contributed by atoms with Gasteiger partial charge in [0.2, 0.25) is 0 Å². The zero-order valence-electron chi connectivity index (χ0n) is 17.3. The van der Waals surface area contributed by atoms with Crippen LogP contribution in [0.1, 0.15) is 21.5 Å². The van der Waals surface area contributed by atoms with Gasteiger partial charge in [-0.3, -0.25) is 9.79 Å². The van der Waals surface area contributed by atoms with Crippen LogP contribution in [0.15, 0.2) is 83.9 Å². The van der Waals surface area contributed by atoms with E-state index in [1.54, 1.807) is 37.6 Å². The number of hydrogen-bond acceptors (Lipinski definition) is 4. The summed E-state index contributed by atoms with van der Waals surface area (Å²) < 4.78 is 5.31. The summed E-state index contributed by atoms with van der Waals surface area (Å²) in [6.45, 7) is 1.97. The maximum absolute atomic E-state index is 13.1. The van der Waals surface area contributed by atoms with Crippen molar-refractivity contribution < 1.29 is 14.6 Å². The Kier molecular flexibility index (Phi) is 5.67. The highest BCUT2D eigenvalue weighted by molar-refractivity contribution is 6.13. The van der Waals surface area contributed by atoms with Crippen molar-refractivity contribution in [3.8, 4) is 11.5 Å². The van der Waals surface area contributed by atoms with E-state index in [0.717, 1.165) is 22.0 Å². The summed E-state index contributed by atoms with van der Waals surface area (Å²) in [4.78, 5) is 17.6. The zero-order chi connectivity index (χ0) is 21.8. The Morgan fingerprint density at radius 2 is 1.71 bits per heavy atom. The van der Waals surface area contributed by atoms with Crippen LogP contribution in [0.3, 0.4) is 0 Å². The quantitative estimate of drug-likeness (QED) is 0.405. The monoisotopic (exact) mass is 410 g/mol. The molecule has 0 heterocycles. The molecule has 0 aliphatic heterocycles. The number of para-hydroxylation sites is 3. The number of aryl methyl sites for hydroxylation is 1. The van der Waals surface area contributed by atoms with Gasteiger partial charge in [-0.2, -0.15) is 0 Å². The van der Waals surface area contributed by atoms with Crippen molar-refractivity contribution in [2.45, 2.75) is 6.92 Å². The third kappa shape index (κ3) is 4.12. The predicted molar refractivity (Wildman–Crippen MR) is 125 cm³/mol. The topological polar surface area (TPSA) is 70.9 Å². The summed E-state index contributed by atoms with van der Waals surface area (Å²) in [7, 11) is 1.54. The number of aliphatic imine (C=N–C) groups is 1. The number of rotatable bonds is 5. The fourth-order valence-corrected chi connectivity index (χ4v) is 3.45. The van der Waals surface area contributed by atoms with Crippen LogP contribution < -0.4 is 10.1 Å². The van der Waals surface area contributed by atoms with E-state index in [9.17, 15) is 9.90 Å². The van der Waals surface area contributed by atoms with E-state index in [1.807, 2.05) is 61.5 Å². The van der Waals surface area contributed by atoms with E-state index >= 15 is 0 Å². The highest BCUT2D eigenvalue weighted by Crippen LogP contribution is 2.32. The Balaban J connectivity index is 1.79. The summed E-state index contributed by atoms with van der Waals surface area (Å²) in [5.41, 5.74) is 3.00. The fourth-order valence-electron chi connectivity index (χ4n) is 3.45. The molecule has 154 valence electrons. The van der Waals surface area contributed by atoms with Gasteiger partial charge in [-0.15, -0.1) is 0 Å². The predicted octanol–water partition coefficient (Wildman–Crippen LogP) is 5.87. The van der Waals surface area contributed by atoms with Crippen molar-refractivity contribution in [1.29, 1.82) is 0 Å². The molecule has 4 rings (SSSR count). The van der Waals surface area contributed by atoms with Crippen molar-refractivity contribution >= 4 is 34.3 Å². The molecule has 0 saturated carbocycles. The summed E-state index contributed by atoms with van der Waals surface area (Å²) in [6.07, 6.45) is 1.61. The highest BCUT2D eigenvalue weighted by atomic mass is 16.5. The number of carbonyl (C=O) groups is 1. The van der Waals surface area contributed by atoms with Crippen molar-refractivity contribution in [1.82, 2.24) is 0 Å². The smallest absolute Gasteiger partial charge is 0.259 e. The van der Waals surface area contributed by atoms with Gasteiger partial charge >= 0.3 is 0 Å². The summed E-state index contributed by atoms with van der Waals surface area (Å²) in [5.74, 6) is -0.0146. The van der Waals surface area contributed by atoms with Crippen molar-refractivity contribution in [2.24, 2.45) is 4.99 Å². The number of amides is 1. The van der Waals surface area contributed by atoms with Gasteiger partial charge in [-0.05, 0) is 47.5 Å². The molecular weight excluding hydrogens is 388 g/mol. The van der Waals surface area contributed by atoms with Gasteiger partial charge in [0, 0.05) is 11.8 Å². The van der Waals surface area contributed by atoms with Crippen molar-refractivity contribution in [2.75, 3.05) is 12.4 Å². The van der Waals surface area contributed by atoms with Crippen LogP contribution in [0.5, 0.6) is 11.5 Å². The molecule has 4 aromatic rings. The van der Waals surface area contributed by atoms with E-state index < -0.39 is 5.91 Å². The number of phenols is 1. The number of ether oxygens (including phenoxy) is 1. The molecule has 2 N–H and O–H groups in total. The molecule has 5 nitrogen and oxygen atoms in total. The SMILES string of the molecule is COc1ccccc1NC(=O)c1cc2ccccc2c(C=Nc2ccccc2C)c1O. The molecule has 5 heteroatoms. The van der Waals surface area contributed by atoms with Gasteiger partial charge in [0.1, 0.15) is 11.5 Å². The van der Waals surface area contributed by atoms with E-state index in [-0.39, 0.29) is 11.3 Å². The molecule has 0 bridgehead atoms. The number of aromatic hydroxyl groups is 1. The minimum absolute atomic E-state index is 0.122. The number of methoxy groups -OCH3 is 1. The lowest BCUT2D eigenvalue weighted by atomic mass is 9.99. The maximum Gasteiger partial charge on any atom is 0.259 e. The van der Waals surface area contributed by atoms with Crippen LogP contribution in [0.4, 0.5) is 11.4 Å². The molecular formula is C26H22N2O3. The van der Waals surface area contributed by atoms with E-state index in [0.29, 0.717) is 17.0 Å². The molecule has 0 atom stereocenters. The molecule has 31 heavy (non-hydrogen) atoms. The molecule has 0 fully saturated rings. The lowest BCUT2D eigenvalue weighted by Crippen LogP contribution is -2.13. The van der Waals surface area contributed by atoms with Gasteiger partial charge in [0.25, 0.3) is 5.91 Å². The summed E-state index contributed by atoms with van der Waals surface area (Å²) >= 11 is 0. The van der Waals surface area contributed by atoms with Crippen LogP contribution in [-0.4, -0.2) is 24.3 Å². The van der Waals surface area contributed by atoms with Crippen molar-refractivity contribution in [3.05, 3.63) is 95.6 Å². The van der Waals surface area contributed by atoms with Gasteiger partial charge in [-0.1, -0.05) is 54.6 Å². The second kappa shape index (κ2) is 8.71. The second-order valence-corrected chi connectivity index (χ2v) is 7.11. The first-order chi connectivity index (χ1) is 15.1. The number of phenolic OH excluding ortho intramolecular Hbond substituents is 1. The van der Waals surface area contributed by atoms with Crippen LogP contribution in [-0.2, 0) is 0 Å². The average molecular weight is 410 g/mol. The largest absolute Gasteiger partial charge is 0.506 e. The van der Waals surface area contributed by atoms with E-state index in [2.05, 4.69) is 10.3 Å². The third-order valence-electron chi connectivity index (χ3n) is 5.11. The van der Waals surface area contributed by atoms with Crippen LogP contribution in [0, 0.1) is 6.92 Å². The lowest BCUT2D eigenvalue weighted by Gasteiger charge is -2.13. The molecule has 0 aliphatic rings. The van der Waals surface area contributed by atoms with Gasteiger partial charge in [0.15, 0.2) is 0 Å². The normalized spacial score (nSPS) is 11.0. The Hall–Kier alpha value is -4.12. The molecule has 0 aliphatic carbocycles. The van der Waals surface area contributed by atoms with Crippen molar-refractivity contribution in [3.63, 3.8) is 0 Å². The third-order valence-corrected chi connectivity index (χ3v) is 5.11. The number of nitrogens with zero attached hydrogens (tertiary/aromatic N) is 1. The Labute approximate surface area is 180 Å². The Bertz CT molecular complexity index is 1300. The average Bonchev–Trinajstić information content (AvgIpc) is 2.79. The Morgan fingerprint density at radius 1 is 1.00 bits per heavy atom. The molecule has 4 aromatic carbocycles. The van der Waals surface area contributed by atoms with Gasteiger partial charge in [0.05, 0.1) is 24.0 Å². The number of hydrogen-bond donors (Lipinski definition) is 2. The first-order valence-corrected chi connectivity index (χ1v) is 9.87. The fraction of sp³-hybridized carbons (Fsp3) is 0.0769. The number of fused-ring (bicyclic) bond motifs is 1. The maximum atomic E-state index is 13.1. The molecule has 0 saturated heterocycles. The summed E-state index contributed by atoms with van der Waals surface area (Å²) in [5, 5.41) is 15.5. The number of nitrogens with one attached hydrogen (secondary N) is 1. The molecule has 1 amide bonds. The standard InChI is InChI=1S/C26H22N2O3/c1-17-9-3-6-12-22(17)27-16-21-19-11-5-4-10-18(19)15-20(25(21)29)26(30)28-23-13-7-8-14-24(23)31-2/h3-16,29H,1-2H3,(H,28,30). The summed E-state index contributed by atoms with van der Waals surface area (Å²) in [6, 6.07) is 24.1. The van der Waals surface area contributed by atoms with Gasteiger partial charge in [-0.25, -0.2) is 0 Å². The Morgan fingerprint density at radius 3 is 2.52 bits per heavy atom. The number of carbonyl (C=O) groups excluding carboxylic acids is 1. The first kappa shape index (κ1) is 20.2. The lowest BCUT2D eigenvalue weighted by molar-refractivity contribution is 0.102. The van der Waals surface area contributed by atoms with Crippen LogP contribution in [0.25, 0.3) is 10.8 Å². The minimum Gasteiger partial charge on any atom is -0.506 e.